The van der Waals surface area contributed by atoms with E-state index in [2.05, 4.69) is 15.6 Å². The first-order chi connectivity index (χ1) is 13.6. The Hall–Kier alpha value is -2.96. The van der Waals surface area contributed by atoms with Crippen LogP contribution in [0.3, 0.4) is 0 Å². The minimum absolute atomic E-state index is 0.187. The lowest BCUT2D eigenvalue weighted by Gasteiger charge is -2.16. The second kappa shape index (κ2) is 11.0. The Kier molecular flexibility index (Phi) is 8.39. The van der Waals surface area contributed by atoms with Gasteiger partial charge in [0.2, 0.25) is 5.75 Å². The molecule has 0 aliphatic carbocycles. The molecule has 0 saturated heterocycles. The second-order valence-corrected chi connectivity index (χ2v) is 6.01. The van der Waals surface area contributed by atoms with E-state index in [-0.39, 0.29) is 5.82 Å². The standard InChI is InChI=1S/C21H28FN3O3/c1-23-21(24-13-11-15-7-5-6-8-17(15)22)25-14-12-16-9-10-18(26-2)20(28-4)19(16)27-3/h5-10H,11-14H2,1-4H3,(H2,23,24,25). The molecule has 6 nitrogen and oxygen atoms in total. The molecule has 0 bridgehead atoms. The Morgan fingerprint density at radius 2 is 1.50 bits per heavy atom. The van der Waals surface area contributed by atoms with E-state index in [0.717, 1.165) is 5.56 Å². The Bertz CT molecular complexity index is 796. The molecule has 0 aliphatic rings. The van der Waals surface area contributed by atoms with E-state index in [1.165, 1.54) is 6.07 Å². The van der Waals surface area contributed by atoms with E-state index in [0.29, 0.717) is 54.7 Å². The zero-order valence-corrected chi connectivity index (χ0v) is 16.8. The van der Waals surface area contributed by atoms with Gasteiger partial charge in [0.1, 0.15) is 5.82 Å². The van der Waals surface area contributed by atoms with E-state index in [4.69, 9.17) is 14.2 Å². The average molecular weight is 389 g/mol. The molecule has 0 spiro atoms. The van der Waals surface area contributed by atoms with Crippen LogP contribution >= 0.6 is 0 Å². The van der Waals surface area contributed by atoms with Gasteiger partial charge in [0.15, 0.2) is 17.5 Å². The van der Waals surface area contributed by atoms with Crippen LogP contribution < -0.4 is 24.8 Å². The van der Waals surface area contributed by atoms with E-state index in [1.807, 2.05) is 18.2 Å². The molecule has 0 fully saturated rings. The molecule has 28 heavy (non-hydrogen) atoms. The van der Waals surface area contributed by atoms with Gasteiger partial charge in [-0.3, -0.25) is 4.99 Å². The van der Waals surface area contributed by atoms with Crippen molar-refractivity contribution in [1.82, 2.24) is 10.6 Å². The number of methoxy groups -OCH3 is 3. The number of benzene rings is 2. The molecule has 7 heteroatoms. The van der Waals surface area contributed by atoms with Gasteiger partial charge in [-0.1, -0.05) is 24.3 Å². The van der Waals surface area contributed by atoms with Gasteiger partial charge in [-0.15, -0.1) is 0 Å². The van der Waals surface area contributed by atoms with Crippen molar-refractivity contribution >= 4 is 5.96 Å². The van der Waals surface area contributed by atoms with Crippen molar-refractivity contribution < 1.29 is 18.6 Å². The molecule has 2 aromatic carbocycles. The maximum absolute atomic E-state index is 13.7. The molecular formula is C21H28FN3O3. The number of ether oxygens (including phenoxy) is 3. The van der Waals surface area contributed by atoms with Gasteiger partial charge in [0, 0.05) is 25.7 Å². The first-order valence-electron chi connectivity index (χ1n) is 9.10. The predicted octanol–water partition coefficient (Wildman–Crippen LogP) is 2.80. The summed E-state index contributed by atoms with van der Waals surface area (Å²) >= 11 is 0. The van der Waals surface area contributed by atoms with Crippen LogP contribution in [0, 0.1) is 5.82 Å². The average Bonchev–Trinajstić information content (AvgIpc) is 2.73. The number of nitrogens with zero attached hydrogens (tertiary/aromatic N) is 1. The van der Waals surface area contributed by atoms with Crippen LogP contribution in [0.15, 0.2) is 41.4 Å². The first kappa shape index (κ1) is 21.3. The van der Waals surface area contributed by atoms with Gasteiger partial charge in [0.25, 0.3) is 0 Å². The zero-order chi connectivity index (χ0) is 20.4. The quantitative estimate of drug-likeness (QED) is 0.510. The third-order valence-corrected chi connectivity index (χ3v) is 4.34. The van der Waals surface area contributed by atoms with Gasteiger partial charge in [0.05, 0.1) is 21.3 Å². The normalized spacial score (nSPS) is 11.1. The monoisotopic (exact) mass is 389 g/mol. The molecule has 152 valence electrons. The van der Waals surface area contributed by atoms with Crippen LogP contribution in [-0.2, 0) is 12.8 Å². The van der Waals surface area contributed by atoms with Crippen molar-refractivity contribution in [3.63, 3.8) is 0 Å². The summed E-state index contributed by atoms with van der Waals surface area (Å²) in [4.78, 5) is 4.20. The van der Waals surface area contributed by atoms with Crippen LogP contribution in [0.1, 0.15) is 11.1 Å². The fourth-order valence-electron chi connectivity index (χ4n) is 2.91. The molecule has 0 aliphatic heterocycles. The first-order valence-corrected chi connectivity index (χ1v) is 9.10. The van der Waals surface area contributed by atoms with Crippen molar-refractivity contribution in [2.45, 2.75) is 12.8 Å². The van der Waals surface area contributed by atoms with Crippen molar-refractivity contribution in [3.8, 4) is 17.2 Å². The van der Waals surface area contributed by atoms with Crippen molar-refractivity contribution in [3.05, 3.63) is 53.3 Å². The number of hydrogen-bond acceptors (Lipinski definition) is 4. The lowest BCUT2D eigenvalue weighted by atomic mass is 10.1. The molecule has 0 atom stereocenters. The SMILES string of the molecule is CN=C(NCCc1ccccc1F)NCCc1ccc(OC)c(OC)c1OC. The molecule has 2 rings (SSSR count). The van der Waals surface area contributed by atoms with Gasteiger partial charge < -0.3 is 24.8 Å². The molecule has 2 N–H and O–H groups in total. The second-order valence-electron chi connectivity index (χ2n) is 6.01. The fraction of sp³-hybridized carbons (Fsp3) is 0.381. The van der Waals surface area contributed by atoms with Gasteiger partial charge in [-0.2, -0.15) is 0 Å². The summed E-state index contributed by atoms with van der Waals surface area (Å²) < 4.78 is 29.9. The molecule has 2 aromatic rings. The number of hydrogen-bond donors (Lipinski definition) is 2. The Labute approximate surface area is 165 Å². The van der Waals surface area contributed by atoms with Crippen LogP contribution in [0.2, 0.25) is 0 Å². The third kappa shape index (κ3) is 5.52. The summed E-state index contributed by atoms with van der Waals surface area (Å²) in [5.41, 5.74) is 1.68. The number of rotatable bonds is 9. The third-order valence-electron chi connectivity index (χ3n) is 4.34. The van der Waals surface area contributed by atoms with Gasteiger partial charge in [-0.25, -0.2) is 4.39 Å². The van der Waals surface area contributed by atoms with Crippen LogP contribution in [-0.4, -0.2) is 47.4 Å². The predicted molar refractivity (Wildman–Crippen MR) is 109 cm³/mol. The molecule has 0 heterocycles. The minimum Gasteiger partial charge on any atom is -0.493 e. The lowest BCUT2D eigenvalue weighted by molar-refractivity contribution is 0.322. The highest BCUT2D eigenvalue weighted by molar-refractivity contribution is 5.79. The molecule has 0 radical (unpaired) electrons. The lowest BCUT2D eigenvalue weighted by Crippen LogP contribution is -2.39. The van der Waals surface area contributed by atoms with Crippen molar-refractivity contribution in [2.75, 3.05) is 41.5 Å². The molecular weight excluding hydrogens is 361 g/mol. The summed E-state index contributed by atoms with van der Waals surface area (Å²) in [7, 11) is 6.49. The van der Waals surface area contributed by atoms with Gasteiger partial charge >= 0.3 is 0 Å². The van der Waals surface area contributed by atoms with E-state index in [1.54, 1.807) is 40.5 Å². The van der Waals surface area contributed by atoms with E-state index in [9.17, 15) is 4.39 Å². The number of halogens is 1. The summed E-state index contributed by atoms with van der Waals surface area (Å²) in [5, 5.41) is 6.45. The molecule has 0 amide bonds. The minimum atomic E-state index is -0.187. The topological polar surface area (TPSA) is 64.1 Å². The smallest absolute Gasteiger partial charge is 0.203 e. The maximum Gasteiger partial charge on any atom is 0.203 e. The molecule has 0 aromatic heterocycles. The van der Waals surface area contributed by atoms with Crippen LogP contribution in [0.4, 0.5) is 4.39 Å². The Morgan fingerprint density at radius 1 is 0.857 bits per heavy atom. The summed E-state index contributed by atoms with van der Waals surface area (Å²) in [6.45, 7) is 1.23. The fourth-order valence-corrected chi connectivity index (χ4v) is 2.91. The number of nitrogens with one attached hydrogen (secondary N) is 2. The highest BCUT2D eigenvalue weighted by atomic mass is 19.1. The summed E-state index contributed by atoms with van der Waals surface area (Å²) in [5.74, 6) is 2.34. The van der Waals surface area contributed by atoms with Crippen LogP contribution in [0.5, 0.6) is 17.2 Å². The van der Waals surface area contributed by atoms with E-state index < -0.39 is 0 Å². The highest BCUT2D eigenvalue weighted by Gasteiger charge is 2.15. The molecule has 0 saturated carbocycles. The van der Waals surface area contributed by atoms with Crippen molar-refractivity contribution in [1.29, 1.82) is 0 Å². The number of aliphatic imine (C=N–C) groups is 1. The maximum atomic E-state index is 13.7. The summed E-state index contributed by atoms with van der Waals surface area (Å²) in [6.07, 6.45) is 1.29. The zero-order valence-electron chi connectivity index (χ0n) is 16.8. The Morgan fingerprint density at radius 3 is 2.07 bits per heavy atom. The Balaban J connectivity index is 1.88. The number of guanidine groups is 1. The summed E-state index contributed by atoms with van der Waals surface area (Å²) in [6, 6.07) is 10.6. The van der Waals surface area contributed by atoms with Crippen LogP contribution in [0.25, 0.3) is 0 Å². The largest absolute Gasteiger partial charge is 0.493 e. The van der Waals surface area contributed by atoms with E-state index >= 15 is 0 Å². The van der Waals surface area contributed by atoms with Gasteiger partial charge in [-0.05, 0) is 30.5 Å². The molecule has 0 unspecified atom stereocenters. The highest BCUT2D eigenvalue weighted by Crippen LogP contribution is 2.39. The van der Waals surface area contributed by atoms with Crippen molar-refractivity contribution in [2.24, 2.45) is 4.99 Å².